The van der Waals surface area contributed by atoms with Crippen molar-refractivity contribution in [1.29, 1.82) is 0 Å². The number of carbonyl (C=O) groups is 1. The molecule has 0 bridgehead atoms. The third-order valence-corrected chi connectivity index (χ3v) is 6.99. The number of aromatic nitrogens is 1. The summed E-state index contributed by atoms with van der Waals surface area (Å²) in [7, 11) is 0. The number of aryl methyl sites for hydroxylation is 1. The second-order valence-corrected chi connectivity index (χ2v) is 9.38. The molecule has 0 atom stereocenters. The van der Waals surface area contributed by atoms with E-state index in [-0.39, 0.29) is 6.42 Å². The lowest BCUT2D eigenvalue weighted by molar-refractivity contribution is -0.136. The van der Waals surface area contributed by atoms with Gasteiger partial charge in [-0.2, -0.15) is 0 Å². The van der Waals surface area contributed by atoms with Crippen molar-refractivity contribution >= 4 is 29.1 Å². The first-order valence-electron chi connectivity index (χ1n) is 10.3. The Morgan fingerprint density at radius 2 is 1.59 bits per heavy atom. The average molecular weight is 462 g/mol. The topological polar surface area (TPSA) is 59.4 Å². The van der Waals surface area contributed by atoms with Crippen LogP contribution >= 0.6 is 23.1 Å². The molecule has 4 rings (SSSR count). The number of ether oxygens (including phenoxy) is 1. The van der Waals surface area contributed by atoms with Crippen LogP contribution in [0.2, 0.25) is 0 Å². The number of benzene rings is 3. The number of hydrogen-bond donors (Lipinski definition) is 1. The van der Waals surface area contributed by atoms with Gasteiger partial charge >= 0.3 is 5.97 Å². The van der Waals surface area contributed by atoms with E-state index in [0.29, 0.717) is 13.0 Å². The standard InChI is InChI=1S/C26H23NO3S2/c28-25(29)15-12-19-10-13-23(14-11-19)30-16-20-6-8-21(9-7-20)17-31-26-27-24(18-32-26)22-4-2-1-3-5-22/h1-11,13-14,18H,12,15-17H2,(H,28,29). The van der Waals surface area contributed by atoms with E-state index in [9.17, 15) is 4.79 Å². The quantitative estimate of drug-likeness (QED) is 0.266. The molecule has 0 radical (unpaired) electrons. The molecule has 0 fully saturated rings. The first-order valence-corrected chi connectivity index (χ1v) is 12.2. The highest BCUT2D eigenvalue weighted by Gasteiger charge is 2.06. The van der Waals surface area contributed by atoms with Crippen LogP contribution in [0.1, 0.15) is 23.1 Å². The van der Waals surface area contributed by atoms with Crippen molar-refractivity contribution in [3.8, 4) is 17.0 Å². The van der Waals surface area contributed by atoms with Gasteiger partial charge in [0.05, 0.1) is 5.69 Å². The SMILES string of the molecule is O=C(O)CCc1ccc(OCc2ccc(CSc3nc(-c4ccccc4)cs3)cc2)cc1. The molecule has 1 heterocycles. The van der Waals surface area contributed by atoms with E-state index in [4.69, 9.17) is 14.8 Å². The largest absolute Gasteiger partial charge is 0.489 e. The van der Waals surface area contributed by atoms with Gasteiger partial charge in [0.25, 0.3) is 0 Å². The highest BCUT2D eigenvalue weighted by Crippen LogP contribution is 2.30. The van der Waals surface area contributed by atoms with Crippen LogP contribution in [0.25, 0.3) is 11.3 Å². The minimum atomic E-state index is -0.782. The number of nitrogens with zero attached hydrogens (tertiary/aromatic N) is 1. The van der Waals surface area contributed by atoms with E-state index < -0.39 is 5.97 Å². The van der Waals surface area contributed by atoms with Crippen molar-refractivity contribution in [2.75, 3.05) is 0 Å². The summed E-state index contributed by atoms with van der Waals surface area (Å²) in [5, 5.41) is 10.9. The summed E-state index contributed by atoms with van der Waals surface area (Å²) in [5.74, 6) is 0.873. The molecule has 32 heavy (non-hydrogen) atoms. The zero-order chi connectivity index (χ0) is 22.2. The summed E-state index contributed by atoms with van der Waals surface area (Å²) in [6.07, 6.45) is 0.672. The molecule has 0 unspecified atom stereocenters. The molecule has 0 aliphatic heterocycles. The van der Waals surface area contributed by atoms with Crippen molar-refractivity contribution < 1.29 is 14.6 Å². The van der Waals surface area contributed by atoms with Crippen LogP contribution in [0.3, 0.4) is 0 Å². The smallest absolute Gasteiger partial charge is 0.303 e. The third-order valence-electron chi connectivity index (χ3n) is 4.89. The Balaban J connectivity index is 1.25. The van der Waals surface area contributed by atoms with Crippen LogP contribution in [0.5, 0.6) is 5.75 Å². The molecular weight excluding hydrogens is 438 g/mol. The van der Waals surface area contributed by atoms with E-state index in [2.05, 4.69) is 41.8 Å². The molecule has 4 aromatic rings. The second-order valence-electron chi connectivity index (χ2n) is 7.30. The fourth-order valence-electron chi connectivity index (χ4n) is 3.11. The Hall–Kier alpha value is -3.09. The molecule has 1 N–H and O–H groups in total. The normalized spacial score (nSPS) is 10.8. The van der Waals surface area contributed by atoms with E-state index in [0.717, 1.165) is 38.2 Å². The van der Waals surface area contributed by atoms with E-state index >= 15 is 0 Å². The fraction of sp³-hybridized carbons (Fsp3) is 0.154. The Labute approximate surface area is 195 Å². The Kier molecular flexibility index (Phi) is 7.59. The molecule has 4 nitrogen and oxygen atoms in total. The molecule has 0 aliphatic carbocycles. The van der Waals surface area contributed by atoms with Gasteiger partial charge in [0.15, 0.2) is 4.34 Å². The van der Waals surface area contributed by atoms with Gasteiger partial charge in [-0.05, 0) is 35.2 Å². The maximum Gasteiger partial charge on any atom is 0.303 e. The van der Waals surface area contributed by atoms with Crippen LogP contribution in [-0.2, 0) is 23.6 Å². The predicted octanol–water partition coefficient (Wildman–Crippen LogP) is 6.70. The first kappa shape index (κ1) is 22.1. The molecule has 162 valence electrons. The summed E-state index contributed by atoms with van der Waals surface area (Å²) in [5.41, 5.74) is 5.53. The summed E-state index contributed by atoms with van der Waals surface area (Å²) in [4.78, 5) is 15.4. The molecule has 0 saturated carbocycles. The Bertz CT molecular complexity index is 1140. The lowest BCUT2D eigenvalue weighted by Gasteiger charge is -2.08. The minimum Gasteiger partial charge on any atom is -0.489 e. The monoisotopic (exact) mass is 461 g/mol. The van der Waals surface area contributed by atoms with Crippen molar-refractivity contribution in [3.05, 3.63) is 101 Å². The summed E-state index contributed by atoms with van der Waals surface area (Å²) < 4.78 is 6.93. The highest BCUT2D eigenvalue weighted by atomic mass is 32.2. The van der Waals surface area contributed by atoms with Gasteiger partial charge in [-0.1, -0.05) is 78.5 Å². The van der Waals surface area contributed by atoms with Crippen LogP contribution < -0.4 is 4.74 Å². The predicted molar refractivity (Wildman–Crippen MR) is 130 cm³/mol. The zero-order valence-corrected chi connectivity index (χ0v) is 19.1. The van der Waals surface area contributed by atoms with Crippen LogP contribution in [0.4, 0.5) is 0 Å². The van der Waals surface area contributed by atoms with Crippen molar-refractivity contribution in [2.45, 2.75) is 29.5 Å². The van der Waals surface area contributed by atoms with Crippen LogP contribution in [0, 0.1) is 0 Å². The molecule has 0 amide bonds. The molecule has 0 aliphatic rings. The second kappa shape index (κ2) is 11.0. The van der Waals surface area contributed by atoms with Crippen LogP contribution in [0.15, 0.2) is 88.6 Å². The number of thiazole rings is 1. The van der Waals surface area contributed by atoms with Gasteiger partial charge in [-0.15, -0.1) is 11.3 Å². The summed E-state index contributed by atoms with van der Waals surface area (Å²) in [6, 6.07) is 26.3. The number of carboxylic acids is 1. The van der Waals surface area contributed by atoms with Crippen molar-refractivity contribution in [3.63, 3.8) is 0 Å². The van der Waals surface area contributed by atoms with Gasteiger partial charge in [-0.3, -0.25) is 4.79 Å². The van der Waals surface area contributed by atoms with Gasteiger partial charge < -0.3 is 9.84 Å². The van der Waals surface area contributed by atoms with Gasteiger partial charge in [-0.25, -0.2) is 4.98 Å². The van der Waals surface area contributed by atoms with Crippen LogP contribution in [-0.4, -0.2) is 16.1 Å². The van der Waals surface area contributed by atoms with E-state index in [1.807, 2.05) is 42.5 Å². The molecule has 0 spiro atoms. The Morgan fingerprint density at radius 1 is 0.906 bits per heavy atom. The summed E-state index contributed by atoms with van der Waals surface area (Å²) >= 11 is 3.43. The molecular formula is C26H23NO3S2. The molecule has 3 aromatic carbocycles. The molecule has 1 aromatic heterocycles. The average Bonchev–Trinajstić information content (AvgIpc) is 3.31. The van der Waals surface area contributed by atoms with E-state index in [1.165, 1.54) is 5.56 Å². The number of carboxylic acid groups (broad SMARTS) is 1. The van der Waals surface area contributed by atoms with E-state index in [1.54, 1.807) is 23.1 Å². The van der Waals surface area contributed by atoms with Crippen molar-refractivity contribution in [1.82, 2.24) is 4.98 Å². The molecule has 6 heteroatoms. The number of rotatable bonds is 10. The number of aliphatic carboxylic acids is 1. The minimum absolute atomic E-state index is 0.140. The maximum absolute atomic E-state index is 10.7. The maximum atomic E-state index is 10.7. The number of thioether (sulfide) groups is 1. The van der Waals surface area contributed by atoms with Crippen molar-refractivity contribution in [2.24, 2.45) is 0 Å². The lowest BCUT2D eigenvalue weighted by atomic mass is 10.1. The molecule has 0 saturated heterocycles. The lowest BCUT2D eigenvalue weighted by Crippen LogP contribution is -1.98. The Morgan fingerprint density at radius 3 is 2.31 bits per heavy atom. The van der Waals surface area contributed by atoms with Gasteiger partial charge in [0, 0.05) is 23.1 Å². The van der Waals surface area contributed by atoms with Gasteiger partial charge in [0.1, 0.15) is 12.4 Å². The third kappa shape index (κ3) is 6.45. The highest BCUT2D eigenvalue weighted by molar-refractivity contribution is 8.00. The summed E-state index contributed by atoms with van der Waals surface area (Å²) in [6.45, 7) is 0.495. The fourth-order valence-corrected chi connectivity index (χ4v) is 4.90. The number of hydrogen-bond acceptors (Lipinski definition) is 5. The van der Waals surface area contributed by atoms with Gasteiger partial charge in [0.2, 0.25) is 0 Å². The zero-order valence-electron chi connectivity index (χ0n) is 17.4. The first-order chi connectivity index (χ1) is 15.7.